The van der Waals surface area contributed by atoms with Gasteiger partial charge in [0.1, 0.15) is 0 Å². The maximum absolute atomic E-state index is 5.75. The zero-order valence-electron chi connectivity index (χ0n) is 15.5. The van der Waals surface area contributed by atoms with Crippen molar-refractivity contribution in [2.75, 3.05) is 44.3 Å². The summed E-state index contributed by atoms with van der Waals surface area (Å²) in [5.41, 5.74) is 2.13. The van der Waals surface area contributed by atoms with Gasteiger partial charge < -0.3 is 9.64 Å². The molecular weight excluding hydrogens is 300 g/mol. The summed E-state index contributed by atoms with van der Waals surface area (Å²) in [4.78, 5) is 14.3. The van der Waals surface area contributed by atoms with Crippen molar-refractivity contribution in [1.29, 1.82) is 0 Å². The van der Waals surface area contributed by atoms with E-state index < -0.39 is 0 Å². The number of hydrogen-bond acceptors (Lipinski definition) is 5. The first-order valence-corrected chi connectivity index (χ1v) is 9.54. The van der Waals surface area contributed by atoms with E-state index in [1.54, 1.807) is 0 Å². The van der Waals surface area contributed by atoms with Crippen molar-refractivity contribution < 1.29 is 4.74 Å². The van der Waals surface area contributed by atoms with Crippen LogP contribution >= 0.6 is 0 Å². The normalized spacial score (nSPS) is 23.1. The third-order valence-corrected chi connectivity index (χ3v) is 5.25. The Kier molecular flexibility index (Phi) is 6.06. The summed E-state index contributed by atoms with van der Waals surface area (Å²) in [7, 11) is 0. The number of piperidine rings is 1. The molecule has 5 nitrogen and oxygen atoms in total. The Morgan fingerprint density at radius 3 is 2.46 bits per heavy atom. The minimum atomic E-state index is 0.725. The Morgan fingerprint density at radius 1 is 1.08 bits per heavy atom. The van der Waals surface area contributed by atoms with Crippen LogP contribution in [-0.2, 0) is 4.74 Å². The van der Waals surface area contributed by atoms with Crippen molar-refractivity contribution in [2.24, 2.45) is 5.92 Å². The maximum atomic E-state index is 5.75. The molecule has 1 aromatic heterocycles. The third kappa shape index (κ3) is 4.45. The van der Waals surface area contributed by atoms with Crippen molar-refractivity contribution in [3.63, 3.8) is 0 Å². The van der Waals surface area contributed by atoms with Crippen molar-refractivity contribution >= 4 is 5.95 Å². The summed E-state index contributed by atoms with van der Waals surface area (Å²) < 4.78 is 5.75. The van der Waals surface area contributed by atoms with E-state index in [1.165, 1.54) is 32.4 Å². The molecular formula is C19H32N4O. The van der Waals surface area contributed by atoms with Crippen molar-refractivity contribution in [1.82, 2.24) is 14.9 Å². The lowest BCUT2D eigenvalue weighted by Gasteiger charge is -2.37. The highest BCUT2D eigenvalue weighted by atomic mass is 16.5. The van der Waals surface area contributed by atoms with Crippen LogP contribution in [-0.4, -0.2) is 60.3 Å². The number of aromatic nitrogens is 2. The molecule has 3 heterocycles. The molecule has 134 valence electrons. The van der Waals surface area contributed by atoms with Crippen LogP contribution in [0.3, 0.4) is 0 Å². The number of ether oxygens (including phenoxy) is 1. The Hall–Kier alpha value is -1.20. The standard InChI is InChI=1S/C19H32N4O/c1-4-11-24-14-17-5-8-23(13-17)18-6-9-22(10-7-18)19-20-15(2)12-16(3)21-19/h12,17-18H,4-11,13-14H2,1-3H3. The number of anilines is 1. The minimum absolute atomic E-state index is 0.725. The molecule has 24 heavy (non-hydrogen) atoms. The van der Waals surface area contributed by atoms with Crippen molar-refractivity contribution in [3.05, 3.63) is 17.5 Å². The van der Waals surface area contributed by atoms with Gasteiger partial charge in [-0.2, -0.15) is 0 Å². The van der Waals surface area contributed by atoms with Crippen LogP contribution in [0.2, 0.25) is 0 Å². The summed E-state index contributed by atoms with van der Waals surface area (Å²) >= 11 is 0. The number of nitrogens with zero attached hydrogens (tertiary/aromatic N) is 4. The van der Waals surface area contributed by atoms with Gasteiger partial charge in [-0.05, 0) is 58.1 Å². The third-order valence-electron chi connectivity index (χ3n) is 5.25. The first kappa shape index (κ1) is 17.6. The number of hydrogen-bond donors (Lipinski definition) is 0. The highest BCUT2D eigenvalue weighted by molar-refractivity contribution is 5.32. The number of likely N-dealkylation sites (tertiary alicyclic amines) is 1. The molecule has 0 amide bonds. The monoisotopic (exact) mass is 332 g/mol. The fraction of sp³-hybridized carbons (Fsp3) is 0.789. The average Bonchev–Trinajstić information content (AvgIpc) is 3.03. The summed E-state index contributed by atoms with van der Waals surface area (Å²) in [5.74, 6) is 1.65. The second-order valence-electron chi connectivity index (χ2n) is 7.39. The Bertz CT molecular complexity index is 508. The molecule has 2 fully saturated rings. The summed E-state index contributed by atoms with van der Waals surface area (Å²) in [5, 5.41) is 0. The molecule has 5 heteroatoms. The lowest BCUT2D eigenvalue weighted by molar-refractivity contribution is 0.0974. The highest BCUT2D eigenvalue weighted by Crippen LogP contribution is 2.26. The summed E-state index contributed by atoms with van der Waals surface area (Å²) in [6.07, 6.45) is 4.86. The molecule has 0 aliphatic carbocycles. The van der Waals surface area contributed by atoms with Crippen LogP contribution in [0.15, 0.2) is 6.07 Å². The number of rotatable bonds is 6. The fourth-order valence-corrected chi connectivity index (χ4v) is 4.00. The average molecular weight is 332 g/mol. The first-order chi connectivity index (χ1) is 11.7. The van der Waals surface area contributed by atoms with Gasteiger partial charge in [0.15, 0.2) is 0 Å². The van der Waals surface area contributed by atoms with Gasteiger partial charge in [0.25, 0.3) is 0 Å². The van der Waals surface area contributed by atoms with Crippen molar-refractivity contribution in [3.8, 4) is 0 Å². The molecule has 0 saturated carbocycles. The molecule has 0 N–H and O–H groups in total. The largest absolute Gasteiger partial charge is 0.381 e. The van der Waals surface area contributed by atoms with Gasteiger partial charge in [-0.15, -0.1) is 0 Å². The molecule has 1 unspecified atom stereocenters. The predicted octanol–water partition coefficient (Wildman–Crippen LogP) is 2.81. The SMILES string of the molecule is CCCOCC1CCN(C2CCN(c3nc(C)cc(C)n3)CC2)C1. The van der Waals surface area contributed by atoms with E-state index in [0.29, 0.717) is 0 Å². The van der Waals surface area contributed by atoms with Crippen LogP contribution < -0.4 is 4.90 Å². The van der Waals surface area contributed by atoms with E-state index in [4.69, 9.17) is 4.74 Å². The van der Waals surface area contributed by atoms with E-state index in [0.717, 1.165) is 62.0 Å². The van der Waals surface area contributed by atoms with Gasteiger partial charge in [-0.3, -0.25) is 4.90 Å². The van der Waals surface area contributed by atoms with Crippen LogP contribution in [0.25, 0.3) is 0 Å². The smallest absolute Gasteiger partial charge is 0.225 e. The van der Waals surface area contributed by atoms with Crippen LogP contribution in [0, 0.1) is 19.8 Å². The zero-order valence-corrected chi connectivity index (χ0v) is 15.5. The molecule has 3 rings (SSSR count). The maximum Gasteiger partial charge on any atom is 0.225 e. The van der Waals surface area contributed by atoms with Crippen molar-refractivity contribution in [2.45, 2.75) is 52.5 Å². The molecule has 0 radical (unpaired) electrons. The summed E-state index contributed by atoms with van der Waals surface area (Å²) in [6, 6.07) is 2.77. The van der Waals surface area contributed by atoms with Crippen LogP contribution in [0.5, 0.6) is 0 Å². The fourth-order valence-electron chi connectivity index (χ4n) is 4.00. The van der Waals surface area contributed by atoms with E-state index in [2.05, 4.69) is 40.5 Å². The Labute approximate surface area is 146 Å². The minimum Gasteiger partial charge on any atom is -0.381 e. The molecule has 2 aliphatic rings. The second kappa shape index (κ2) is 8.26. The first-order valence-electron chi connectivity index (χ1n) is 9.54. The van der Waals surface area contributed by atoms with Gasteiger partial charge in [0.05, 0.1) is 6.61 Å². The molecule has 2 saturated heterocycles. The van der Waals surface area contributed by atoms with Crippen LogP contribution in [0.4, 0.5) is 5.95 Å². The van der Waals surface area contributed by atoms with E-state index in [-0.39, 0.29) is 0 Å². The van der Waals surface area contributed by atoms with E-state index >= 15 is 0 Å². The predicted molar refractivity (Wildman–Crippen MR) is 97.5 cm³/mol. The summed E-state index contributed by atoms with van der Waals surface area (Å²) in [6.45, 7) is 12.7. The van der Waals surface area contributed by atoms with Crippen LogP contribution in [0.1, 0.15) is 44.0 Å². The van der Waals surface area contributed by atoms with Gasteiger partial charge in [0, 0.05) is 43.7 Å². The van der Waals surface area contributed by atoms with E-state index in [1.807, 2.05) is 6.07 Å². The van der Waals surface area contributed by atoms with Gasteiger partial charge >= 0.3 is 0 Å². The quantitative estimate of drug-likeness (QED) is 0.749. The topological polar surface area (TPSA) is 41.5 Å². The second-order valence-corrected chi connectivity index (χ2v) is 7.39. The number of aryl methyl sites for hydroxylation is 2. The van der Waals surface area contributed by atoms with Gasteiger partial charge in [-0.25, -0.2) is 9.97 Å². The van der Waals surface area contributed by atoms with Gasteiger partial charge in [0.2, 0.25) is 5.95 Å². The molecule has 2 aliphatic heterocycles. The highest BCUT2D eigenvalue weighted by Gasteiger charge is 2.31. The molecule has 0 aromatic carbocycles. The molecule has 0 spiro atoms. The lowest BCUT2D eigenvalue weighted by Crippen LogP contribution is -2.44. The lowest BCUT2D eigenvalue weighted by atomic mass is 10.0. The molecule has 1 aromatic rings. The Balaban J connectivity index is 1.47. The molecule has 0 bridgehead atoms. The zero-order chi connectivity index (χ0) is 16.9. The Morgan fingerprint density at radius 2 is 1.79 bits per heavy atom. The van der Waals surface area contributed by atoms with E-state index in [9.17, 15) is 0 Å². The van der Waals surface area contributed by atoms with Gasteiger partial charge in [-0.1, -0.05) is 6.92 Å². The molecule has 1 atom stereocenters.